The third-order valence-electron chi connectivity index (χ3n) is 1.15. The van der Waals surface area contributed by atoms with E-state index in [1.54, 1.807) is 0 Å². The first-order valence-corrected chi connectivity index (χ1v) is 2.68. The van der Waals surface area contributed by atoms with Gasteiger partial charge in [-0.1, -0.05) is 0 Å². The lowest BCUT2D eigenvalue weighted by Gasteiger charge is -1.84. The Morgan fingerprint density at radius 1 is 1.40 bits per heavy atom. The van der Waals surface area contributed by atoms with Crippen molar-refractivity contribution in [2.45, 2.75) is 0 Å². The van der Waals surface area contributed by atoms with Gasteiger partial charge in [-0.15, -0.1) is 0 Å². The number of nitrogens with zero attached hydrogens (tertiary/aromatic N) is 3. The van der Waals surface area contributed by atoms with Crippen molar-refractivity contribution in [1.82, 2.24) is 19.9 Å². The number of hydrogen-bond donors (Lipinski definition) is 1. The minimum absolute atomic E-state index is 0.354. The fourth-order valence-electron chi connectivity index (χ4n) is 0.715. The first-order valence-electron chi connectivity index (χ1n) is 2.68. The van der Waals surface area contributed by atoms with Crippen LogP contribution in [0.2, 0.25) is 0 Å². The molecule has 5 heteroatoms. The van der Waals surface area contributed by atoms with Crippen molar-refractivity contribution in [2.24, 2.45) is 0 Å². The SMILES string of the molecule is [18F]c1ncc2[nH]cnc2n1. The molecule has 0 unspecified atom stereocenters. The molecule has 0 bridgehead atoms. The van der Waals surface area contributed by atoms with Crippen LogP contribution in [0.1, 0.15) is 0 Å². The number of rotatable bonds is 0. The molecule has 2 aromatic rings. The number of fused-ring (bicyclic) bond motifs is 1. The second-order valence-corrected chi connectivity index (χ2v) is 1.78. The topological polar surface area (TPSA) is 54.5 Å². The van der Waals surface area contributed by atoms with Gasteiger partial charge in [-0.3, -0.25) is 0 Å². The van der Waals surface area contributed by atoms with Gasteiger partial charge in [0.2, 0.25) is 0 Å². The summed E-state index contributed by atoms with van der Waals surface area (Å²) in [6.45, 7) is 0. The molecule has 2 rings (SSSR count). The first-order chi connectivity index (χ1) is 4.86. The monoisotopic (exact) mass is 137 g/mol. The number of H-pyrrole nitrogens is 1. The fraction of sp³-hybridized carbons (Fsp3) is 0. The van der Waals surface area contributed by atoms with Crippen molar-refractivity contribution in [1.29, 1.82) is 0 Å². The molecule has 0 saturated heterocycles. The molecule has 0 atom stereocenters. The van der Waals surface area contributed by atoms with Gasteiger partial charge in [-0.05, 0) is 0 Å². The highest BCUT2D eigenvalue weighted by Crippen LogP contribution is 2.01. The van der Waals surface area contributed by atoms with Crippen molar-refractivity contribution < 1.29 is 4.39 Å². The third-order valence-corrected chi connectivity index (χ3v) is 1.15. The molecule has 1 N–H and O–H groups in total. The summed E-state index contributed by atoms with van der Waals surface area (Å²) in [4.78, 5) is 13.2. The Morgan fingerprint density at radius 3 is 3.20 bits per heavy atom. The van der Waals surface area contributed by atoms with E-state index in [1.807, 2.05) is 0 Å². The normalized spacial score (nSPS) is 10.5. The molecule has 0 amide bonds. The highest BCUT2D eigenvalue weighted by Gasteiger charge is 1.98. The maximum absolute atomic E-state index is 12.2. The molecule has 2 heterocycles. The molecule has 0 spiro atoms. The van der Waals surface area contributed by atoms with Crippen molar-refractivity contribution >= 4 is 11.2 Å². The Labute approximate surface area is 55.1 Å². The van der Waals surface area contributed by atoms with Crippen LogP contribution in [-0.4, -0.2) is 19.9 Å². The minimum atomic E-state index is -0.750. The van der Waals surface area contributed by atoms with Gasteiger partial charge >= 0.3 is 6.08 Å². The maximum Gasteiger partial charge on any atom is 0.310 e. The standard InChI is InChI=1S/C5H3FN4/c6-5-7-1-3-4(10-5)9-2-8-3/h1-2H,(H,7,8,9,10)/i6-1. The summed E-state index contributed by atoms with van der Waals surface area (Å²) in [5.74, 6) is 0. The van der Waals surface area contributed by atoms with Gasteiger partial charge < -0.3 is 4.98 Å². The van der Waals surface area contributed by atoms with Gasteiger partial charge in [0.05, 0.1) is 12.5 Å². The molecule has 0 aliphatic carbocycles. The van der Waals surface area contributed by atoms with E-state index < -0.39 is 6.08 Å². The summed E-state index contributed by atoms with van der Waals surface area (Å²) in [6.07, 6.45) is 2.04. The summed E-state index contributed by atoms with van der Waals surface area (Å²) >= 11 is 0. The predicted molar refractivity (Wildman–Crippen MR) is 31.6 cm³/mol. The lowest BCUT2D eigenvalue weighted by molar-refractivity contribution is 0.544. The molecule has 0 radical (unpaired) electrons. The predicted octanol–water partition coefficient (Wildman–Crippen LogP) is 0.492. The van der Waals surface area contributed by atoms with Crippen LogP contribution in [0.5, 0.6) is 0 Å². The van der Waals surface area contributed by atoms with Crippen molar-refractivity contribution in [3.05, 3.63) is 18.6 Å². The number of aromatic amines is 1. The Balaban J connectivity index is 2.86. The van der Waals surface area contributed by atoms with Crippen LogP contribution in [-0.2, 0) is 0 Å². The molecular formula is C5H3FN4. The zero-order valence-electron chi connectivity index (χ0n) is 4.87. The zero-order chi connectivity index (χ0) is 6.97. The highest BCUT2D eigenvalue weighted by molar-refractivity contribution is 5.67. The van der Waals surface area contributed by atoms with Crippen molar-refractivity contribution in [2.75, 3.05) is 0 Å². The second kappa shape index (κ2) is 1.73. The molecule has 0 saturated carbocycles. The van der Waals surface area contributed by atoms with E-state index >= 15 is 0 Å². The number of nitrogens with one attached hydrogen (secondary N) is 1. The first kappa shape index (κ1) is 5.28. The van der Waals surface area contributed by atoms with E-state index in [2.05, 4.69) is 19.9 Å². The van der Waals surface area contributed by atoms with Crippen molar-refractivity contribution in [3.8, 4) is 0 Å². The summed E-state index contributed by atoms with van der Waals surface area (Å²) < 4.78 is 12.2. The number of hydrogen-bond acceptors (Lipinski definition) is 3. The lowest BCUT2D eigenvalue weighted by atomic mass is 10.6. The van der Waals surface area contributed by atoms with Crippen molar-refractivity contribution in [3.63, 3.8) is 0 Å². The zero-order valence-corrected chi connectivity index (χ0v) is 4.87. The van der Waals surface area contributed by atoms with Crippen LogP contribution in [0.15, 0.2) is 12.5 Å². The van der Waals surface area contributed by atoms with Gasteiger partial charge in [0, 0.05) is 0 Å². The summed E-state index contributed by atoms with van der Waals surface area (Å²) in [6, 6.07) is 0. The Morgan fingerprint density at radius 2 is 2.30 bits per heavy atom. The quantitative estimate of drug-likeness (QED) is 0.537. The van der Waals surface area contributed by atoms with E-state index in [0.717, 1.165) is 0 Å². The summed E-state index contributed by atoms with van der Waals surface area (Å²) in [7, 11) is 0. The van der Waals surface area contributed by atoms with E-state index in [4.69, 9.17) is 0 Å². The smallest absolute Gasteiger partial charge is 0.310 e. The summed E-state index contributed by atoms with van der Waals surface area (Å²) in [5.41, 5.74) is 0.994. The van der Waals surface area contributed by atoms with Crippen LogP contribution in [0.25, 0.3) is 11.2 Å². The Bertz CT molecular complexity index is 355. The van der Waals surface area contributed by atoms with Gasteiger partial charge in [0.25, 0.3) is 0 Å². The largest absolute Gasteiger partial charge is 0.342 e. The van der Waals surface area contributed by atoms with Crippen LogP contribution in [0.4, 0.5) is 4.39 Å². The Hall–Kier alpha value is -1.52. The van der Waals surface area contributed by atoms with Crippen LogP contribution >= 0.6 is 0 Å². The molecule has 0 fully saturated rings. The van der Waals surface area contributed by atoms with Gasteiger partial charge in [-0.2, -0.15) is 9.37 Å². The van der Waals surface area contributed by atoms with Crippen LogP contribution < -0.4 is 0 Å². The number of imidazole rings is 1. The molecule has 10 heavy (non-hydrogen) atoms. The third kappa shape index (κ3) is 0.637. The molecule has 0 aromatic carbocycles. The maximum atomic E-state index is 12.2. The lowest BCUT2D eigenvalue weighted by Crippen LogP contribution is -1.87. The second-order valence-electron chi connectivity index (χ2n) is 1.78. The van der Waals surface area contributed by atoms with E-state index in [9.17, 15) is 4.39 Å². The van der Waals surface area contributed by atoms with Crippen LogP contribution in [0, 0.1) is 6.08 Å². The van der Waals surface area contributed by atoms with E-state index in [1.165, 1.54) is 12.5 Å². The van der Waals surface area contributed by atoms with Gasteiger partial charge in [-0.25, -0.2) is 9.97 Å². The Kier molecular flexibility index (Phi) is 0.913. The fourth-order valence-corrected chi connectivity index (χ4v) is 0.715. The highest BCUT2D eigenvalue weighted by atomic mass is 18.2. The molecule has 0 aliphatic rings. The molecule has 0 aliphatic heterocycles. The molecule has 50 valence electrons. The average molecular weight is 137 g/mol. The molecule has 4 nitrogen and oxygen atoms in total. The van der Waals surface area contributed by atoms with E-state index in [0.29, 0.717) is 11.2 Å². The number of aromatic nitrogens is 4. The average Bonchev–Trinajstić information content (AvgIpc) is 2.33. The van der Waals surface area contributed by atoms with Crippen LogP contribution in [0.3, 0.4) is 0 Å². The number of halogens is 1. The van der Waals surface area contributed by atoms with E-state index in [-0.39, 0.29) is 0 Å². The molecule has 2 aromatic heterocycles. The minimum Gasteiger partial charge on any atom is -0.342 e. The summed E-state index contributed by atoms with van der Waals surface area (Å²) in [5, 5.41) is 0. The van der Waals surface area contributed by atoms with Gasteiger partial charge in [0.15, 0.2) is 5.65 Å². The molecular weight excluding hydrogens is 134 g/mol. The van der Waals surface area contributed by atoms with Gasteiger partial charge in [0.1, 0.15) is 5.52 Å².